The monoisotopic (exact) mass is 317 g/mol. The lowest BCUT2D eigenvalue weighted by Crippen LogP contribution is -2.00. The van der Waals surface area contributed by atoms with Gasteiger partial charge in [0.2, 0.25) is 0 Å². The molecule has 1 N–H and O–H groups in total. The molecule has 0 saturated carbocycles. The van der Waals surface area contributed by atoms with Gasteiger partial charge in [-0.25, -0.2) is 4.39 Å². The average molecular weight is 319 g/mol. The second-order valence-corrected chi connectivity index (χ2v) is 4.87. The van der Waals surface area contributed by atoms with Gasteiger partial charge in [0.25, 0.3) is 0 Å². The van der Waals surface area contributed by atoms with Crippen molar-refractivity contribution < 1.29 is 8.81 Å². The highest BCUT2D eigenvalue weighted by molar-refractivity contribution is 9.10. The van der Waals surface area contributed by atoms with Crippen LogP contribution in [0, 0.1) is 12.7 Å². The Balaban J connectivity index is 2.11. The van der Waals surface area contributed by atoms with Gasteiger partial charge in [-0.15, -0.1) is 0 Å². The molecule has 1 aromatic heterocycles. The second kappa shape index (κ2) is 5.10. The van der Waals surface area contributed by atoms with E-state index in [1.54, 1.807) is 18.2 Å². The van der Waals surface area contributed by atoms with Gasteiger partial charge in [-0.1, -0.05) is 0 Å². The third kappa shape index (κ3) is 3.01. The van der Waals surface area contributed by atoms with Crippen molar-refractivity contribution in [3.63, 3.8) is 0 Å². The third-order valence-corrected chi connectivity index (χ3v) is 3.16. The van der Waals surface area contributed by atoms with Gasteiger partial charge in [0.05, 0.1) is 11.0 Å². The average Bonchev–Trinajstić information content (AvgIpc) is 2.68. The van der Waals surface area contributed by atoms with Crippen molar-refractivity contribution in [2.75, 3.05) is 5.32 Å². The van der Waals surface area contributed by atoms with Gasteiger partial charge >= 0.3 is 0 Å². The molecule has 0 bridgehead atoms. The molecule has 1 aromatic carbocycles. The van der Waals surface area contributed by atoms with E-state index in [4.69, 9.17) is 16.0 Å². The molecule has 0 atom stereocenters. The lowest BCUT2D eigenvalue weighted by molar-refractivity contribution is 0.520. The Hall–Kier alpha value is -1.00. The Labute approximate surface area is 112 Å². The van der Waals surface area contributed by atoms with E-state index >= 15 is 0 Å². The van der Waals surface area contributed by atoms with Crippen LogP contribution in [-0.4, -0.2) is 0 Å². The lowest BCUT2D eigenvalue weighted by atomic mass is 10.2. The Morgan fingerprint density at radius 1 is 1.41 bits per heavy atom. The third-order valence-electron chi connectivity index (χ3n) is 2.35. The fourth-order valence-corrected chi connectivity index (χ4v) is 2.09. The minimum absolute atomic E-state index is 0.296. The molecule has 90 valence electrons. The van der Waals surface area contributed by atoms with Gasteiger partial charge < -0.3 is 9.73 Å². The SMILES string of the molecule is Cc1cc(Br)c(F)cc1NCc1ccc(Cl)o1. The maximum atomic E-state index is 13.4. The van der Waals surface area contributed by atoms with Crippen molar-refractivity contribution >= 4 is 33.2 Å². The molecule has 0 aliphatic carbocycles. The van der Waals surface area contributed by atoms with Gasteiger partial charge in [-0.05, 0) is 64.3 Å². The van der Waals surface area contributed by atoms with Gasteiger partial charge in [0.1, 0.15) is 11.6 Å². The van der Waals surface area contributed by atoms with E-state index in [2.05, 4.69) is 21.2 Å². The largest absolute Gasteiger partial charge is 0.448 e. The molecule has 5 heteroatoms. The Morgan fingerprint density at radius 2 is 2.18 bits per heavy atom. The molecule has 0 spiro atoms. The van der Waals surface area contributed by atoms with Crippen LogP contribution >= 0.6 is 27.5 Å². The molecular formula is C12H10BrClFNO. The van der Waals surface area contributed by atoms with Gasteiger partial charge in [-0.2, -0.15) is 0 Å². The number of furan rings is 1. The summed E-state index contributed by atoms with van der Waals surface area (Å²) in [5.74, 6) is 0.410. The highest BCUT2D eigenvalue weighted by Crippen LogP contribution is 2.24. The van der Waals surface area contributed by atoms with E-state index < -0.39 is 0 Å². The number of hydrogen-bond donors (Lipinski definition) is 1. The number of rotatable bonds is 3. The summed E-state index contributed by atoms with van der Waals surface area (Å²) in [5.41, 5.74) is 1.69. The lowest BCUT2D eigenvalue weighted by Gasteiger charge is -2.09. The van der Waals surface area contributed by atoms with Crippen molar-refractivity contribution in [3.8, 4) is 0 Å². The van der Waals surface area contributed by atoms with Crippen LogP contribution in [0.5, 0.6) is 0 Å². The summed E-state index contributed by atoms with van der Waals surface area (Å²) < 4.78 is 19.0. The zero-order chi connectivity index (χ0) is 12.4. The van der Waals surface area contributed by atoms with Crippen molar-refractivity contribution in [1.82, 2.24) is 0 Å². The summed E-state index contributed by atoms with van der Waals surface area (Å²) in [7, 11) is 0. The predicted octanol–water partition coefficient (Wildman–Crippen LogP) is 4.76. The molecule has 0 radical (unpaired) electrons. The van der Waals surface area contributed by atoms with Crippen molar-refractivity contribution in [2.24, 2.45) is 0 Å². The number of aryl methyl sites for hydroxylation is 1. The summed E-state index contributed by atoms with van der Waals surface area (Å²) >= 11 is 8.80. The Morgan fingerprint density at radius 3 is 2.82 bits per heavy atom. The summed E-state index contributed by atoms with van der Waals surface area (Å²) in [6.45, 7) is 2.37. The van der Waals surface area contributed by atoms with Gasteiger partial charge in [0, 0.05) is 5.69 Å². The number of nitrogens with one attached hydrogen (secondary N) is 1. The molecule has 1 heterocycles. The van der Waals surface area contributed by atoms with Gasteiger partial charge in [-0.3, -0.25) is 0 Å². The molecule has 0 aliphatic rings. The van der Waals surface area contributed by atoms with Crippen LogP contribution in [0.4, 0.5) is 10.1 Å². The zero-order valence-electron chi connectivity index (χ0n) is 9.06. The Kier molecular flexibility index (Phi) is 3.74. The number of anilines is 1. The quantitative estimate of drug-likeness (QED) is 0.883. The summed E-state index contributed by atoms with van der Waals surface area (Å²) in [6, 6.07) is 6.63. The molecule has 0 unspecified atom stereocenters. The minimum Gasteiger partial charge on any atom is -0.448 e. The Bertz CT molecular complexity index is 541. The van der Waals surface area contributed by atoms with E-state index in [0.29, 0.717) is 22.0 Å². The van der Waals surface area contributed by atoms with E-state index in [0.717, 1.165) is 11.3 Å². The van der Waals surface area contributed by atoms with Gasteiger partial charge in [0.15, 0.2) is 5.22 Å². The highest BCUT2D eigenvalue weighted by Gasteiger charge is 2.06. The fourth-order valence-electron chi connectivity index (χ4n) is 1.47. The fraction of sp³-hybridized carbons (Fsp3) is 0.167. The van der Waals surface area contributed by atoms with Crippen LogP contribution in [0.15, 0.2) is 33.2 Å². The van der Waals surface area contributed by atoms with Crippen LogP contribution in [0.25, 0.3) is 0 Å². The minimum atomic E-state index is -0.296. The number of hydrogen-bond acceptors (Lipinski definition) is 2. The number of benzene rings is 1. The van der Waals surface area contributed by atoms with Crippen molar-refractivity contribution in [2.45, 2.75) is 13.5 Å². The predicted molar refractivity (Wildman–Crippen MR) is 69.9 cm³/mol. The second-order valence-electron chi connectivity index (χ2n) is 3.64. The molecule has 0 saturated heterocycles. The summed E-state index contributed by atoms with van der Waals surface area (Å²) in [6.07, 6.45) is 0. The maximum absolute atomic E-state index is 13.4. The molecule has 2 rings (SSSR count). The van der Waals surface area contributed by atoms with E-state index in [1.165, 1.54) is 6.07 Å². The van der Waals surface area contributed by atoms with Crippen LogP contribution < -0.4 is 5.32 Å². The zero-order valence-corrected chi connectivity index (χ0v) is 11.4. The van der Waals surface area contributed by atoms with Crippen LogP contribution in [0.1, 0.15) is 11.3 Å². The molecule has 0 aliphatic heterocycles. The normalized spacial score (nSPS) is 10.6. The molecule has 0 fully saturated rings. The first-order valence-electron chi connectivity index (χ1n) is 5.00. The first-order chi connectivity index (χ1) is 8.06. The topological polar surface area (TPSA) is 25.2 Å². The van der Waals surface area contributed by atoms with Crippen LogP contribution in [0.3, 0.4) is 0 Å². The summed E-state index contributed by atoms with van der Waals surface area (Å²) in [4.78, 5) is 0. The van der Waals surface area contributed by atoms with E-state index in [-0.39, 0.29) is 5.82 Å². The van der Waals surface area contributed by atoms with E-state index in [9.17, 15) is 4.39 Å². The molecule has 17 heavy (non-hydrogen) atoms. The molecule has 0 amide bonds. The van der Waals surface area contributed by atoms with Crippen LogP contribution in [0.2, 0.25) is 5.22 Å². The van der Waals surface area contributed by atoms with Crippen molar-refractivity contribution in [3.05, 3.63) is 51.1 Å². The standard InChI is InChI=1S/C12H10BrClFNO/c1-7-4-9(13)10(15)5-11(7)16-6-8-2-3-12(14)17-8/h2-5,16H,6H2,1H3. The number of halogens is 3. The first-order valence-corrected chi connectivity index (χ1v) is 6.17. The first kappa shape index (κ1) is 12.5. The van der Waals surface area contributed by atoms with Crippen molar-refractivity contribution in [1.29, 1.82) is 0 Å². The summed E-state index contributed by atoms with van der Waals surface area (Å²) in [5, 5.41) is 3.45. The van der Waals surface area contributed by atoms with Crippen LogP contribution in [-0.2, 0) is 6.54 Å². The molecular weight excluding hydrogens is 308 g/mol. The molecule has 2 aromatic rings. The van der Waals surface area contributed by atoms with E-state index in [1.807, 2.05) is 6.92 Å². The highest BCUT2D eigenvalue weighted by atomic mass is 79.9. The molecule has 2 nitrogen and oxygen atoms in total. The smallest absolute Gasteiger partial charge is 0.193 e. The maximum Gasteiger partial charge on any atom is 0.193 e.